The molecular weight excluding hydrogens is 481 g/mol. The van der Waals surface area contributed by atoms with Gasteiger partial charge in [-0.1, -0.05) is 34.9 Å². The predicted molar refractivity (Wildman–Crippen MR) is 132 cm³/mol. The van der Waals surface area contributed by atoms with Gasteiger partial charge in [0.15, 0.2) is 0 Å². The van der Waals surface area contributed by atoms with Crippen LogP contribution in [0.3, 0.4) is 0 Å². The van der Waals surface area contributed by atoms with Gasteiger partial charge >= 0.3 is 0 Å². The number of aliphatic imine (C=N–C) groups is 1. The van der Waals surface area contributed by atoms with Crippen LogP contribution in [0.15, 0.2) is 51.7 Å². The Labute approximate surface area is 209 Å². The molecule has 3 aliphatic rings. The first-order valence-electron chi connectivity index (χ1n) is 11.5. The maximum atomic E-state index is 14.0. The van der Waals surface area contributed by atoms with E-state index >= 15 is 0 Å². The van der Waals surface area contributed by atoms with Gasteiger partial charge in [0.05, 0.1) is 29.5 Å². The summed E-state index contributed by atoms with van der Waals surface area (Å²) in [6.45, 7) is 6.78. The molecule has 8 heteroatoms. The molecule has 34 heavy (non-hydrogen) atoms. The molecule has 2 heterocycles. The van der Waals surface area contributed by atoms with Crippen molar-refractivity contribution in [3.63, 3.8) is 0 Å². The van der Waals surface area contributed by atoms with Crippen molar-refractivity contribution < 1.29 is 18.3 Å². The molecule has 0 N–H and O–H groups in total. The average Bonchev–Trinajstić information content (AvgIpc) is 2.95. The first-order valence-corrected chi connectivity index (χ1v) is 12.2. The van der Waals surface area contributed by atoms with Crippen LogP contribution in [0.4, 0.5) is 8.78 Å². The third kappa shape index (κ3) is 5.14. The van der Waals surface area contributed by atoms with Crippen molar-refractivity contribution in [1.82, 2.24) is 4.90 Å². The van der Waals surface area contributed by atoms with Gasteiger partial charge in [0.1, 0.15) is 0 Å². The molecule has 0 saturated carbocycles. The van der Waals surface area contributed by atoms with Gasteiger partial charge in [0.2, 0.25) is 0 Å². The van der Waals surface area contributed by atoms with E-state index in [0.29, 0.717) is 60.3 Å². The van der Waals surface area contributed by atoms with Gasteiger partial charge in [-0.2, -0.15) is 0 Å². The number of allylic oxidation sites excluding steroid dienone is 6. The zero-order valence-corrected chi connectivity index (χ0v) is 21.1. The number of halogens is 4. The summed E-state index contributed by atoms with van der Waals surface area (Å²) in [5.74, 6) is -3.20. The summed E-state index contributed by atoms with van der Waals surface area (Å²) in [7, 11) is 0. The fourth-order valence-corrected chi connectivity index (χ4v) is 5.17. The van der Waals surface area contributed by atoms with E-state index < -0.39 is 5.92 Å². The van der Waals surface area contributed by atoms with Gasteiger partial charge in [-0.15, -0.1) is 0 Å². The molecule has 182 valence electrons. The topological polar surface area (TPSA) is 41.9 Å². The smallest absolute Gasteiger partial charge is 0.270 e. The molecule has 1 amide bonds. The number of benzene rings is 1. The highest BCUT2D eigenvalue weighted by molar-refractivity contribution is 6.38. The third-order valence-corrected chi connectivity index (χ3v) is 7.44. The Bertz CT molecular complexity index is 1130. The molecule has 1 unspecified atom stereocenters. The van der Waals surface area contributed by atoms with E-state index in [2.05, 4.69) is 0 Å². The van der Waals surface area contributed by atoms with Crippen LogP contribution in [0.25, 0.3) is 0 Å². The monoisotopic (exact) mass is 508 g/mol. The number of fused-ring (bicyclic) bond motifs is 1. The molecule has 0 aromatic heterocycles. The lowest BCUT2D eigenvalue weighted by Crippen LogP contribution is -2.40. The van der Waals surface area contributed by atoms with Crippen molar-refractivity contribution in [2.75, 3.05) is 26.3 Å². The molecule has 0 spiro atoms. The number of carbonyl (C=O) groups excluding carboxylic acids is 1. The minimum absolute atomic E-state index is 0.0375. The fourth-order valence-electron chi connectivity index (χ4n) is 4.58. The van der Waals surface area contributed by atoms with Crippen LogP contribution in [-0.4, -0.2) is 48.7 Å². The first kappa shape index (κ1) is 25.1. The third-order valence-electron chi connectivity index (χ3n) is 6.65. The van der Waals surface area contributed by atoms with Crippen molar-refractivity contribution >= 4 is 34.8 Å². The zero-order valence-electron chi connectivity index (χ0n) is 19.6. The number of hydrogen-bond acceptors (Lipinski definition) is 3. The number of carbonyl (C=O) groups is 1. The molecule has 1 aromatic rings. The molecule has 4 rings (SSSR count). The molecule has 2 aliphatic heterocycles. The van der Waals surface area contributed by atoms with Crippen LogP contribution in [-0.2, 0) is 11.2 Å². The number of nitrogens with zero attached hydrogens (tertiary/aromatic N) is 2. The van der Waals surface area contributed by atoms with Gasteiger partial charge in [-0.25, -0.2) is 8.78 Å². The van der Waals surface area contributed by atoms with E-state index in [0.717, 1.165) is 35.9 Å². The van der Waals surface area contributed by atoms with Gasteiger partial charge in [0, 0.05) is 48.6 Å². The Morgan fingerprint density at radius 1 is 1.24 bits per heavy atom. The van der Waals surface area contributed by atoms with Crippen molar-refractivity contribution in [2.24, 2.45) is 10.9 Å². The van der Waals surface area contributed by atoms with Crippen molar-refractivity contribution in [3.05, 3.63) is 67.9 Å². The Hall–Kier alpha value is -2.02. The van der Waals surface area contributed by atoms with Crippen molar-refractivity contribution in [3.8, 4) is 0 Å². The number of hydrogen-bond donors (Lipinski definition) is 0. The Morgan fingerprint density at radius 3 is 2.62 bits per heavy atom. The van der Waals surface area contributed by atoms with Crippen LogP contribution in [0.2, 0.25) is 10.0 Å². The van der Waals surface area contributed by atoms with E-state index in [9.17, 15) is 13.6 Å². The van der Waals surface area contributed by atoms with E-state index in [4.69, 9.17) is 32.9 Å². The SMILES string of the molecule is CC1=CC(C(C)(F)F)=CC2CCC(C)=C(Cc3c(Cl)ccc(C(=O)N4CCOCC4)c3Cl)N=C12. The largest absolute Gasteiger partial charge is 0.378 e. The minimum atomic E-state index is -2.89. The zero-order chi connectivity index (χ0) is 24.6. The minimum Gasteiger partial charge on any atom is -0.378 e. The molecule has 1 saturated heterocycles. The van der Waals surface area contributed by atoms with Gasteiger partial charge in [-0.05, 0) is 56.0 Å². The first-order chi connectivity index (χ1) is 16.1. The Kier molecular flexibility index (Phi) is 7.32. The number of amides is 1. The van der Waals surface area contributed by atoms with Crippen molar-refractivity contribution in [2.45, 2.75) is 46.0 Å². The van der Waals surface area contributed by atoms with Crippen LogP contribution >= 0.6 is 23.2 Å². The highest BCUT2D eigenvalue weighted by atomic mass is 35.5. The molecule has 1 atom stereocenters. The summed E-state index contributed by atoms with van der Waals surface area (Å²) in [4.78, 5) is 19.7. The van der Waals surface area contributed by atoms with E-state index in [1.54, 1.807) is 23.1 Å². The maximum Gasteiger partial charge on any atom is 0.270 e. The molecule has 4 nitrogen and oxygen atoms in total. The number of ether oxygens (including phenoxy) is 1. The quantitative estimate of drug-likeness (QED) is 0.455. The standard InChI is InChI=1S/C26H28Cl2F2N2O2/c1-15-4-5-17-13-18(26(3,29)30)12-16(2)24(17)31-22(15)14-20-21(27)7-6-19(23(20)28)25(33)32-8-10-34-11-9-32/h6-7,12-13,17H,4-5,8-11,14H2,1-3H3. The van der Waals surface area contributed by atoms with E-state index in [1.807, 2.05) is 13.8 Å². The molecule has 1 aliphatic carbocycles. The second kappa shape index (κ2) is 9.92. The van der Waals surface area contributed by atoms with E-state index in [1.165, 1.54) is 6.08 Å². The number of alkyl halides is 2. The number of morpholine rings is 1. The summed E-state index contributed by atoms with van der Waals surface area (Å²) in [5, 5.41) is 0.794. The van der Waals surface area contributed by atoms with Crippen LogP contribution in [0, 0.1) is 5.92 Å². The molecule has 0 radical (unpaired) electrons. The highest BCUT2D eigenvalue weighted by Gasteiger charge is 2.33. The van der Waals surface area contributed by atoms with Crippen LogP contribution in [0.1, 0.15) is 49.5 Å². The van der Waals surface area contributed by atoms with Crippen molar-refractivity contribution in [1.29, 1.82) is 0 Å². The van der Waals surface area contributed by atoms with Gasteiger partial charge in [-0.3, -0.25) is 9.79 Å². The van der Waals surface area contributed by atoms with Crippen LogP contribution in [0.5, 0.6) is 0 Å². The summed E-state index contributed by atoms with van der Waals surface area (Å²) in [5.41, 5.74) is 4.50. The average molecular weight is 509 g/mol. The summed E-state index contributed by atoms with van der Waals surface area (Å²) in [6.07, 6.45) is 4.95. The fraction of sp³-hybridized carbons (Fsp3) is 0.462. The lowest BCUT2D eigenvalue weighted by Gasteiger charge is -2.27. The molecular formula is C26H28Cl2F2N2O2. The summed E-state index contributed by atoms with van der Waals surface area (Å²) < 4.78 is 33.3. The lowest BCUT2D eigenvalue weighted by molar-refractivity contribution is 0.0303. The predicted octanol–water partition coefficient (Wildman–Crippen LogP) is 6.67. The number of rotatable bonds is 4. The van der Waals surface area contributed by atoms with E-state index in [-0.39, 0.29) is 17.4 Å². The molecule has 0 bridgehead atoms. The highest BCUT2D eigenvalue weighted by Crippen LogP contribution is 2.38. The maximum absolute atomic E-state index is 14.0. The Balaban J connectivity index is 1.66. The Morgan fingerprint density at radius 2 is 1.94 bits per heavy atom. The molecule has 1 aromatic carbocycles. The van der Waals surface area contributed by atoms with Crippen LogP contribution < -0.4 is 0 Å². The van der Waals surface area contributed by atoms with Gasteiger partial charge < -0.3 is 9.64 Å². The lowest BCUT2D eigenvalue weighted by atomic mass is 9.84. The second-order valence-electron chi connectivity index (χ2n) is 9.18. The summed E-state index contributed by atoms with van der Waals surface area (Å²) >= 11 is 13.3. The summed E-state index contributed by atoms with van der Waals surface area (Å²) in [6, 6.07) is 3.36. The molecule has 1 fully saturated rings. The normalized spacial score (nSPS) is 21.4. The second-order valence-corrected chi connectivity index (χ2v) is 9.96. The van der Waals surface area contributed by atoms with Gasteiger partial charge in [0.25, 0.3) is 11.8 Å².